The zero-order chi connectivity index (χ0) is 14.6. The summed E-state index contributed by atoms with van der Waals surface area (Å²) >= 11 is 0. The molecule has 0 saturated heterocycles. The van der Waals surface area contributed by atoms with Crippen molar-refractivity contribution < 1.29 is 14.7 Å². The van der Waals surface area contributed by atoms with Gasteiger partial charge in [-0.25, -0.2) is 4.98 Å². The van der Waals surface area contributed by atoms with Crippen LogP contribution in [0.1, 0.15) is 56.5 Å². The number of carbonyl (C=O) groups excluding carboxylic acids is 1. The molecule has 1 rings (SSSR count). The van der Waals surface area contributed by atoms with Gasteiger partial charge in [0.25, 0.3) is 5.91 Å². The van der Waals surface area contributed by atoms with Gasteiger partial charge in [-0.15, -0.1) is 5.10 Å². The first-order valence-electron chi connectivity index (χ1n) is 6.31. The number of hydrogen-bond donors (Lipinski definition) is 2. The lowest BCUT2D eigenvalue weighted by molar-refractivity contribution is -0.138. The molecule has 0 aliphatic heterocycles. The molecule has 2 N–H and O–H groups in total. The molecule has 1 atom stereocenters. The Morgan fingerprint density at radius 1 is 1.37 bits per heavy atom. The molecule has 0 radical (unpaired) electrons. The molecular formula is C12H20N4O3. The monoisotopic (exact) mass is 268 g/mol. The Morgan fingerprint density at radius 3 is 2.42 bits per heavy atom. The number of hydrogen-bond acceptors (Lipinski definition) is 4. The molecule has 19 heavy (non-hydrogen) atoms. The van der Waals surface area contributed by atoms with Gasteiger partial charge in [0, 0.05) is 12.0 Å². The van der Waals surface area contributed by atoms with Crippen molar-refractivity contribution in [2.75, 3.05) is 6.54 Å². The van der Waals surface area contributed by atoms with Crippen LogP contribution in [-0.4, -0.2) is 49.7 Å². The van der Waals surface area contributed by atoms with E-state index in [1.807, 2.05) is 20.8 Å². The van der Waals surface area contributed by atoms with E-state index in [-0.39, 0.29) is 24.3 Å². The SMILES string of the molecule is CCC(C)N(CC(=O)O)C(=O)c1n[nH]c(C(C)C)n1. The highest BCUT2D eigenvalue weighted by Crippen LogP contribution is 2.11. The molecule has 1 aromatic rings. The quantitative estimate of drug-likeness (QED) is 0.809. The Morgan fingerprint density at radius 2 is 2.00 bits per heavy atom. The molecule has 0 aliphatic rings. The van der Waals surface area contributed by atoms with Crippen LogP contribution in [0.5, 0.6) is 0 Å². The third-order valence-corrected chi connectivity index (χ3v) is 2.93. The second-order valence-electron chi connectivity index (χ2n) is 4.78. The average Bonchev–Trinajstić information content (AvgIpc) is 2.83. The van der Waals surface area contributed by atoms with E-state index in [0.717, 1.165) is 0 Å². The summed E-state index contributed by atoms with van der Waals surface area (Å²) in [5, 5.41) is 15.4. The van der Waals surface area contributed by atoms with Gasteiger partial charge in [0.15, 0.2) is 0 Å². The first-order valence-corrected chi connectivity index (χ1v) is 6.31. The van der Waals surface area contributed by atoms with E-state index in [0.29, 0.717) is 12.2 Å². The smallest absolute Gasteiger partial charge is 0.323 e. The van der Waals surface area contributed by atoms with Crippen molar-refractivity contribution in [2.24, 2.45) is 0 Å². The van der Waals surface area contributed by atoms with Crippen molar-refractivity contribution >= 4 is 11.9 Å². The van der Waals surface area contributed by atoms with Crippen LogP contribution in [0.4, 0.5) is 0 Å². The molecule has 0 aromatic carbocycles. The first-order chi connectivity index (χ1) is 8.86. The van der Waals surface area contributed by atoms with Crippen LogP contribution in [0.15, 0.2) is 0 Å². The first kappa shape index (κ1) is 15.1. The lowest BCUT2D eigenvalue weighted by atomic mass is 10.2. The van der Waals surface area contributed by atoms with Crippen LogP contribution in [0, 0.1) is 0 Å². The molecule has 1 unspecified atom stereocenters. The van der Waals surface area contributed by atoms with Crippen LogP contribution in [0.25, 0.3) is 0 Å². The number of aliphatic carboxylic acids is 1. The maximum absolute atomic E-state index is 12.2. The number of nitrogens with one attached hydrogen (secondary N) is 1. The lowest BCUT2D eigenvalue weighted by Crippen LogP contribution is -2.42. The lowest BCUT2D eigenvalue weighted by Gasteiger charge is -2.25. The van der Waals surface area contributed by atoms with E-state index < -0.39 is 11.9 Å². The highest BCUT2D eigenvalue weighted by molar-refractivity contribution is 5.92. The Kier molecular flexibility index (Phi) is 5.02. The van der Waals surface area contributed by atoms with Crippen molar-refractivity contribution in [1.82, 2.24) is 20.1 Å². The average molecular weight is 268 g/mol. The van der Waals surface area contributed by atoms with Crippen LogP contribution in [0.2, 0.25) is 0 Å². The van der Waals surface area contributed by atoms with Crippen molar-refractivity contribution in [1.29, 1.82) is 0 Å². The van der Waals surface area contributed by atoms with Gasteiger partial charge in [0.2, 0.25) is 5.82 Å². The standard InChI is InChI=1S/C12H20N4O3/c1-5-8(4)16(6-9(17)18)12(19)11-13-10(7(2)3)14-15-11/h7-8H,5-6H2,1-4H3,(H,17,18)(H,13,14,15). The largest absolute Gasteiger partial charge is 0.480 e. The summed E-state index contributed by atoms with van der Waals surface area (Å²) < 4.78 is 0. The van der Waals surface area contributed by atoms with Crippen molar-refractivity contribution in [3.63, 3.8) is 0 Å². The Balaban J connectivity index is 2.94. The Hall–Kier alpha value is -1.92. The predicted molar refractivity (Wildman–Crippen MR) is 68.9 cm³/mol. The Labute approximate surface area is 112 Å². The minimum Gasteiger partial charge on any atom is -0.480 e. The van der Waals surface area contributed by atoms with Gasteiger partial charge in [-0.2, -0.15) is 0 Å². The molecule has 1 aromatic heterocycles. The van der Waals surface area contributed by atoms with Crippen LogP contribution in [-0.2, 0) is 4.79 Å². The maximum atomic E-state index is 12.2. The molecule has 7 heteroatoms. The van der Waals surface area contributed by atoms with Gasteiger partial charge in [-0.1, -0.05) is 20.8 Å². The molecule has 0 aliphatic carbocycles. The third kappa shape index (κ3) is 3.77. The fourth-order valence-electron chi connectivity index (χ4n) is 1.55. The molecule has 7 nitrogen and oxygen atoms in total. The van der Waals surface area contributed by atoms with Gasteiger partial charge < -0.3 is 10.0 Å². The number of carboxylic acid groups (broad SMARTS) is 1. The maximum Gasteiger partial charge on any atom is 0.323 e. The summed E-state index contributed by atoms with van der Waals surface area (Å²) in [5.74, 6) is -0.744. The molecule has 0 spiro atoms. The van der Waals surface area contributed by atoms with Crippen molar-refractivity contribution in [3.05, 3.63) is 11.6 Å². The van der Waals surface area contributed by atoms with Gasteiger partial charge in [0.1, 0.15) is 12.4 Å². The number of H-pyrrole nitrogens is 1. The summed E-state index contributed by atoms with van der Waals surface area (Å²) in [6, 6.07) is -0.176. The van der Waals surface area contributed by atoms with Gasteiger partial charge in [0.05, 0.1) is 0 Å². The highest BCUT2D eigenvalue weighted by atomic mass is 16.4. The summed E-state index contributed by atoms with van der Waals surface area (Å²) in [6.45, 7) is 7.21. The van der Waals surface area contributed by atoms with E-state index in [2.05, 4.69) is 15.2 Å². The second kappa shape index (κ2) is 6.31. The van der Waals surface area contributed by atoms with E-state index in [4.69, 9.17) is 5.11 Å². The minimum absolute atomic E-state index is 0.0188. The molecule has 0 saturated carbocycles. The van der Waals surface area contributed by atoms with E-state index in [1.165, 1.54) is 4.90 Å². The number of carbonyl (C=O) groups is 2. The van der Waals surface area contributed by atoms with E-state index >= 15 is 0 Å². The summed E-state index contributed by atoms with van der Waals surface area (Å²) in [4.78, 5) is 28.4. The molecular weight excluding hydrogens is 248 g/mol. The summed E-state index contributed by atoms with van der Waals surface area (Å²) in [7, 11) is 0. The van der Waals surface area contributed by atoms with Crippen LogP contribution < -0.4 is 0 Å². The number of carboxylic acids is 1. The highest BCUT2D eigenvalue weighted by Gasteiger charge is 2.26. The summed E-state index contributed by atoms with van der Waals surface area (Å²) in [5.41, 5.74) is 0. The van der Waals surface area contributed by atoms with Crippen molar-refractivity contribution in [3.8, 4) is 0 Å². The van der Waals surface area contributed by atoms with Crippen molar-refractivity contribution in [2.45, 2.75) is 46.1 Å². The van der Waals surface area contributed by atoms with Gasteiger partial charge in [-0.3, -0.25) is 14.7 Å². The molecule has 0 fully saturated rings. The van der Waals surface area contributed by atoms with Gasteiger partial charge >= 0.3 is 5.97 Å². The predicted octanol–water partition coefficient (Wildman–Crippen LogP) is 1.25. The zero-order valence-electron chi connectivity index (χ0n) is 11.7. The topological polar surface area (TPSA) is 99.2 Å². The fourth-order valence-corrected chi connectivity index (χ4v) is 1.55. The third-order valence-electron chi connectivity index (χ3n) is 2.93. The number of aromatic amines is 1. The normalized spacial score (nSPS) is 12.5. The number of nitrogens with zero attached hydrogens (tertiary/aromatic N) is 3. The number of amides is 1. The number of rotatable bonds is 6. The van der Waals surface area contributed by atoms with E-state index in [9.17, 15) is 9.59 Å². The Bertz CT molecular complexity index is 456. The van der Waals surface area contributed by atoms with Gasteiger partial charge in [-0.05, 0) is 13.3 Å². The minimum atomic E-state index is -1.05. The molecule has 0 bridgehead atoms. The van der Waals surface area contributed by atoms with E-state index in [1.54, 1.807) is 6.92 Å². The van der Waals surface area contributed by atoms with Crippen LogP contribution in [0.3, 0.4) is 0 Å². The molecule has 1 amide bonds. The number of aromatic nitrogens is 3. The fraction of sp³-hybridized carbons (Fsp3) is 0.667. The molecule has 106 valence electrons. The zero-order valence-corrected chi connectivity index (χ0v) is 11.7. The summed E-state index contributed by atoms with van der Waals surface area (Å²) in [6.07, 6.45) is 0.667. The second-order valence-corrected chi connectivity index (χ2v) is 4.78. The molecule has 1 heterocycles. The van der Waals surface area contributed by atoms with Crippen LogP contribution >= 0.6 is 0 Å².